The molecule has 0 saturated heterocycles. The van der Waals surface area contributed by atoms with Crippen LogP contribution < -0.4 is 4.74 Å². The number of halogens is 3. The second kappa shape index (κ2) is 4.32. The Kier molecular flexibility index (Phi) is 3.51. The van der Waals surface area contributed by atoms with Crippen molar-refractivity contribution >= 4 is 19.7 Å². The zero-order valence-corrected chi connectivity index (χ0v) is 9.20. The minimum Gasteiger partial charge on any atom is -0.497 e. The fourth-order valence-corrected chi connectivity index (χ4v) is 1.96. The Morgan fingerprint density at radius 1 is 1.33 bits per heavy atom. The Labute approximate surface area is 90.0 Å². The van der Waals surface area contributed by atoms with Gasteiger partial charge in [-0.15, -0.1) is 0 Å². The lowest BCUT2D eigenvalue weighted by Crippen LogP contribution is -2.02. The summed E-state index contributed by atoms with van der Waals surface area (Å²) in [6.07, 6.45) is 0. The van der Waals surface area contributed by atoms with Crippen LogP contribution in [0.5, 0.6) is 5.75 Å². The molecule has 0 fully saturated rings. The van der Waals surface area contributed by atoms with Gasteiger partial charge in [0.05, 0.1) is 12.9 Å². The van der Waals surface area contributed by atoms with Crippen molar-refractivity contribution in [2.45, 2.75) is 5.75 Å². The van der Waals surface area contributed by atoms with Crippen molar-refractivity contribution in [3.05, 3.63) is 29.3 Å². The highest BCUT2D eigenvalue weighted by molar-refractivity contribution is 8.13. The third-order valence-corrected chi connectivity index (χ3v) is 2.63. The molecule has 0 saturated carbocycles. The Morgan fingerprint density at radius 2 is 1.80 bits per heavy atom. The Bertz CT molecular complexity index is 450. The van der Waals surface area contributed by atoms with E-state index in [2.05, 4.69) is 4.74 Å². The minimum absolute atomic E-state index is 0.0271. The van der Waals surface area contributed by atoms with Gasteiger partial charge in [0.25, 0.3) is 0 Å². The van der Waals surface area contributed by atoms with Crippen LogP contribution in [0.1, 0.15) is 5.56 Å². The van der Waals surface area contributed by atoms with Gasteiger partial charge in [0, 0.05) is 28.4 Å². The standard InChI is InChI=1S/C8H7ClF2O3S/c1-14-5-2-7(10)6(8(11)3-5)4-15(9,12)13/h2-3H,4H2,1H3. The van der Waals surface area contributed by atoms with Crippen LogP contribution in [0.15, 0.2) is 12.1 Å². The first-order valence-electron chi connectivity index (χ1n) is 3.77. The van der Waals surface area contributed by atoms with Crippen LogP contribution in [0.4, 0.5) is 8.78 Å². The molecule has 0 aliphatic rings. The average molecular weight is 257 g/mol. The Hall–Kier alpha value is -0.880. The van der Waals surface area contributed by atoms with Crippen molar-refractivity contribution in [1.82, 2.24) is 0 Å². The van der Waals surface area contributed by atoms with Gasteiger partial charge in [-0.05, 0) is 0 Å². The number of methoxy groups -OCH3 is 1. The molecule has 1 aromatic carbocycles. The molecule has 84 valence electrons. The first-order valence-corrected chi connectivity index (χ1v) is 6.25. The van der Waals surface area contributed by atoms with Crippen LogP contribution in [0.2, 0.25) is 0 Å². The van der Waals surface area contributed by atoms with Crippen molar-refractivity contribution in [2.24, 2.45) is 0 Å². The first kappa shape index (κ1) is 12.2. The van der Waals surface area contributed by atoms with E-state index in [0.717, 1.165) is 12.1 Å². The summed E-state index contributed by atoms with van der Waals surface area (Å²) in [5.41, 5.74) is -0.592. The van der Waals surface area contributed by atoms with E-state index in [1.165, 1.54) is 7.11 Å². The lowest BCUT2D eigenvalue weighted by atomic mass is 10.2. The molecule has 15 heavy (non-hydrogen) atoms. The SMILES string of the molecule is COc1cc(F)c(CS(=O)(=O)Cl)c(F)c1. The van der Waals surface area contributed by atoms with Crippen LogP contribution in [0, 0.1) is 11.6 Å². The molecule has 7 heteroatoms. The molecule has 0 bridgehead atoms. The first-order chi connectivity index (χ1) is 6.83. The molecule has 1 rings (SSSR count). The smallest absolute Gasteiger partial charge is 0.236 e. The number of benzene rings is 1. The van der Waals surface area contributed by atoms with Gasteiger partial charge in [-0.1, -0.05) is 0 Å². The molecule has 0 radical (unpaired) electrons. The highest BCUT2D eigenvalue weighted by atomic mass is 35.7. The largest absolute Gasteiger partial charge is 0.497 e. The maximum atomic E-state index is 13.2. The summed E-state index contributed by atoms with van der Waals surface area (Å²) in [7, 11) is 2.14. The molecule has 3 nitrogen and oxygen atoms in total. The minimum atomic E-state index is -3.99. The zero-order chi connectivity index (χ0) is 11.6. The topological polar surface area (TPSA) is 43.4 Å². The monoisotopic (exact) mass is 256 g/mol. The molecule has 0 amide bonds. The second-order valence-corrected chi connectivity index (χ2v) is 5.53. The molecule has 0 spiro atoms. The van der Waals surface area contributed by atoms with Crippen molar-refractivity contribution in [3.8, 4) is 5.75 Å². The molecule has 0 aliphatic carbocycles. The van der Waals surface area contributed by atoms with Gasteiger partial charge in [-0.2, -0.15) is 0 Å². The fraction of sp³-hybridized carbons (Fsp3) is 0.250. The molecule has 1 aromatic rings. The molecular weight excluding hydrogens is 250 g/mol. The van der Waals surface area contributed by atoms with Crippen LogP contribution in [-0.2, 0) is 14.8 Å². The van der Waals surface area contributed by atoms with Gasteiger partial charge < -0.3 is 4.74 Å². The molecule has 0 heterocycles. The normalized spacial score (nSPS) is 11.5. The van der Waals surface area contributed by atoms with Gasteiger partial charge >= 0.3 is 0 Å². The number of hydrogen-bond acceptors (Lipinski definition) is 3. The van der Waals surface area contributed by atoms with Crippen molar-refractivity contribution in [2.75, 3.05) is 7.11 Å². The van der Waals surface area contributed by atoms with Crippen molar-refractivity contribution < 1.29 is 21.9 Å². The molecule has 0 aromatic heterocycles. The predicted octanol–water partition coefficient (Wildman–Crippen LogP) is 2.04. The molecular formula is C8H7ClF2O3S. The van der Waals surface area contributed by atoms with Crippen LogP contribution >= 0.6 is 10.7 Å². The summed E-state index contributed by atoms with van der Waals surface area (Å²) in [4.78, 5) is 0. The predicted molar refractivity (Wildman–Crippen MR) is 51.4 cm³/mol. The number of ether oxygens (including phenoxy) is 1. The fourth-order valence-electron chi connectivity index (χ4n) is 1.01. The van der Waals surface area contributed by atoms with E-state index in [1.54, 1.807) is 0 Å². The third-order valence-electron chi connectivity index (χ3n) is 1.67. The van der Waals surface area contributed by atoms with E-state index in [9.17, 15) is 17.2 Å². The highest BCUT2D eigenvalue weighted by Gasteiger charge is 2.17. The maximum Gasteiger partial charge on any atom is 0.236 e. The highest BCUT2D eigenvalue weighted by Crippen LogP contribution is 2.23. The summed E-state index contributed by atoms with van der Waals surface area (Å²) >= 11 is 0. The average Bonchev–Trinajstić information content (AvgIpc) is 2.09. The summed E-state index contributed by atoms with van der Waals surface area (Å²) in [5.74, 6) is -2.93. The summed E-state index contributed by atoms with van der Waals surface area (Å²) in [5, 5.41) is 0. The third kappa shape index (κ3) is 3.32. The van der Waals surface area contributed by atoms with E-state index in [4.69, 9.17) is 10.7 Å². The van der Waals surface area contributed by atoms with Gasteiger partial charge in [0.15, 0.2) is 0 Å². The number of rotatable bonds is 3. The number of hydrogen-bond donors (Lipinski definition) is 0. The van der Waals surface area contributed by atoms with E-state index in [0.29, 0.717) is 0 Å². The summed E-state index contributed by atoms with van der Waals surface area (Å²) in [6, 6.07) is 1.78. The van der Waals surface area contributed by atoms with Crippen LogP contribution in [0.3, 0.4) is 0 Å². The lowest BCUT2D eigenvalue weighted by Gasteiger charge is -2.05. The second-order valence-electron chi connectivity index (χ2n) is 2.75. The zero-order valence-electron chi connectivity index (χ0n) is 7.63. The van der Waals surface area contributed by atoms with E-state index >= 15 is 0 Å². The van der Waals surface area contributed by atoms with Gasteiger partial charge in [-0.25, -0.2) is 17.2 Å². The van der Waals surface area contributed by atoms with Crippen LogP contribution in [-0.4, -0.2) is 15.5 Å². The van der Waals surface area contributed by atoms with Gasteiger partial charge in [-0.3, -0.25) is 0 Å². The van der Waals surface area contributed by atoms with Gasteiger partial charge in [0.1, 0.15) is 17.4 Å². The Balaban J connectivity index is 3.20. The maximum absolute atomic E-state index is 13.2. The molecule has 0 N–H and O–H groups in total. The van der Waals surface area contributed by atoms with Gasteiger partial charge in [0.2, 0.25) is 9.05 Å². The molecule has 0 aliphatic heterocycles. The quantitative estimate of drug-likeness (QED) is 0.778. The van der Waals surface area contributed by atoms with E-state index < -0.39 is 32.0 Å². The van der Waals surface area contributed by atoms with Crippen LogP contribution in [0.25, 0.3) is 0 Å². The van der Waals surface area contributed by atoms with Crippen molar-refractivity contribution in [3.63, 3.8) is 0 Å². The molecule has 0 atom stereocenters. The summed E-state index contributed by atoms with van der Waals surface area (Å²) < 4.78 is 52.3. The van der Waals surface area contributed by atoms with E-state index in [1.807, 2.05) is 0 Å². The lowest BCUT2D eigenvalue weighted by molar-refractivity contribution is 0.405. The molecule has 0 unspecified atom stereocenters. The van der Waals surface area contributed by atoms with E-state index in [-0.39, 0.29) is 5.75 Å². The summed E-state index contributed by atoms with van der Waals surface area (Å²) in [6.45, 7) is 0. The van der Waals surface area contributed by atoms with Crippen molar-refractivity contribution in [1.29, 1.82) is 0 Å². The Morgan fingerprint density at radius 3 is 2.13 bits per heavy atom.